The largest absolute Gasteiger partial charge is 0.389 e. The van der Waals surface area contributed by atoms with Crippen molar-refractivity contribution in [2.45, 2.75) is 6.92 Å². The van der Waals surface area contributed by atoms with Gasteiger partial charge in [-0.15, -0.1) is 11.3 Å². The van der Waals surface area contributed by atoms with Crippen LogP contribution in [-0.2, 0) is 0 Å². The van der Waals surface area contributed by atoms with E-state index in [1.807, 2.05) is 0 Å². The zero-order valence-corrected chi connectivity index (χ0v) is 11.0. The number of thiazole rings is 1. The van der Waals surface area contributed by atoms with E-state index in [1.54, 1.807) is 12.3 Å². The predicted molar refractivity (Wildman–Crippen MR) is 72.4 cm³/mol. The quantitative estimate of drug-likeness (QED) is 0.851. The minimum Gasteiger partial charge on any atom is -0.389 e. The average molecular weight is 285 g/mol. The Balaban J connectivity index is 2.37. The molecule has 18 heavy (non-hydrogen) atoms. The molecule has 3 N–H and O–H groups in total. The average Bonchev–Trinajstić information content (AvgIpc) is 2.69. The molecule has 0 amide bonds. The number of anilines is 2. The van der Waals surface area contributed by atoms with Crippen molar-refractivity contribution in [3.05, 3.63) is 40.4 Å². The van der Waals surface area contributed by atoms with Crippen molar-refractivity contribution in [1.29, 1.82) is 0 Å². The minimum atomic E-state index is -0.759. The topological polar surface area (TPSA) is 50.9 Å². The number of hydrogen-bond donors (Lipinski definition) is 2. The van der Waals surface area contributed by atoms with Crippen molar-refractivity contribution < 1.29 is 8.78 Å². The summed E-state index contributed by atoms with van der Waals surface area (Å²) in [6.45, 7) is 1.80. The van der Waals surface area contributed by atoms with Gasteiger partial charge >= 0.3 is 0 Å². The summed E-state index contributed by atoms with van der Waals surface area (Å²) in [5.74, 6) is -1.52. The molecule has 94 valence electrons. The maximum atomic E-state index is 13.7. The molecule has 2 rings (SSSR count). The Morgan fingerprint density at radius 3 is 2.44 bits per heavy atom. The van der Waals surface area contributed by atoms with Gasteiger partial charge in [0.2, 0.25) is 0 Å². The molecule has 0 saturated heterocycles. The summed E-state index contributed by atoms with van der Waals surface area (Å²) in [7, 11) is 0. The van der Waals surface area contributed by atoms with Crippen LogP contribution in [0.15, 0.2) is 17.5 Å². The van der Waals surface area contributed by atoms with Gasteiger partial charge in [-0.25, -0.2) is 13.8 Å². The molecule has 0 saturated carbocycles. The first-order chi connectivity index (χ1) is 8.47. The molecule has 0 spiro atoms. The first-order valence-electron chi connectivity index (χ1n) is 4.95. The Bertz CT molecular complexity index is 587. The predicted octanol–water partition coefficient (Wildman–Crippen LogP) is 3.11. The summed E-state index contributed by atoms with van der Waals surface area (Å²) in [5.41, 5.74) is 6.00. The number of hydrogen-bond acceptors (Lipinski definition) is 4. The number of nitrogens with two attached hydrogens (primary N) is 1. The molecule has 0 bridgehead atoms. The number of nitrogens with one attached hydrogen (secondary N) is 1. The Morgan fingerprint density at radius 2 is 2.00 bits per heavy atom. The molecular weight excluding hydrogens is 276 g/mol. The van der Waals surface area contributed by atoms with Gasteiger partial charge < -0.3 is 11.1 Å². The molecule has 0 fully saturated rings. The summed E-state index contributed by atoms with van der Waals surface area (Å²) in [5, 5.41) is 4.80. The molecule has 0 unspecified atom stereocenters. The normalized spacial score (nSPS) is 10.4. The van der Waals surface area contributed by atoms with Crippen molar-refractivity contribution in [3.63, 3.8) is 0 Å². The standard InChI is InChI=1S/C11H9F2N3S2/c1-5-4-18-11(15-5)16-9-7(12)2-6(10(14)17)3-8(9)13/h2-4H,1H3,(H2,14,17)(H,15,16). The van der Waals surface area contributed by atoms with Gasteiger partial charge in [-0.3, -0.25) is 0 Å². The van der Waals surface area contributed by atoms with Crippen LogP contribution in [0.5, 0.6) is 0 Å². The number of thiocarbonyl (C=S) groups is 1. The highest BCUT2D eigenvalue weighted by Gasteiger charge is 2.13. The van der Waals surface area contributed by atoms with E-state index in [2.05, 4.69) is 22.5 Å². The Hall–Kier alpha value is -1.60. The lowest BCUT2D eigenvalue weighted by atomic mass is 10.2. The molecule has 3 nitrogen and oxygen atoms in total. The molecular formula is C11H9F2N3S2. The summed E-state index contributed by atoms with van der Waals surface area (Å²) in [6.07, 6.45) is 0. The van der Waals surface area contributed by atoms with Crippen molar-refractivity contribution in [2.24, 2.45) is 5.73 Å². The maximum Gasteiger partial charge on any atom is 0.187 e. The number of aromatic nitrogens is 1. The summed E-state index contributed by atoms with van der Waals surface area (Å²) >= 11 is 5.94. The highest BCUT2D eigenvalue weighted by atomic mass is 32.1. The van der Waals surface area contributed by atoms with Crippen LogP contribution in [0.25, 0.3) is 0 Å². The van der Waals surface area contributed by atoms with E-state index in [1.165, 1.54) is 11.3 Å². The van der Waals surface area contributed by atoms with Crippen LogP contribution < -0.4 is 11.1 Å². The highest BCUT2D eigenvalue weighted by Crippen LogP contribution is 2.26. The van der Waals surface area contributed by atoms with E-state index in [4.69, 9.17) is 5.73 Å². The maximum absolute atomic E-state index is 13.7. The molecule has 7 heteroatoms. The van der Waals surface area contributed by atoms with Crippen LogP contribution in [-0.4, -0.2) is 9.97 Å². The molecule has 1 aromatic heterocycles. The third kappa shape index (κ3) is 2.62. The molecule has 2 aromatic rings. The van der Waals surface area contributed by atoms with E-state index < -0.39 is 11.6 Å². The first-order valence-corrected chi connectivity index (χ1v) is 6.24. The van der Waals surface area contributed by atoms with Crippen LogP contribution in [0.1, 0.15) is 11.3 Å². The lowest BCUT2D eigenvalue weighted by Gasteiger charge is -2.07. The van der Waals surface area contributed by atoms with Crippen molar-refractivity contribution in [1.82, 2.24) is 4.98 Å². The van der Waals surface area contributed by atoms with Crippen molar-refractivity contribution in [3.8, 4) is 0 Å². The number of benzene rings is 1. The van der Waals surface area contributed by atoms with Crippen LogP contribution >= 0.6 is 23.6 Å². The minimum absolute atomic E-state index is 0.0514. The molecule has 0 aliphatic carbocycles. The monoisotopic (exact) mass is 285 g/mol. The fourth-order valence-electron chi connectivity index (χ4n) is 1.35. The Morgan fingerprint density at radius 1 is 1.39 bits per heavy atom. The zero-order chi connectivity index (χ0) is 13.3. The second-order valence-corrected chi connectivity index (χ2v) is 4.90. The van der Waals surface area contributed by atoms with Gasteiger partial charge in [0.15, 0.2) is 5.13 Å². The number of nitrogens with zero attached hydrogens (tertiary/aromatic N) is 1. The van der Waals surface area contributed by atoms with Gasteiger partial charge in [-0.1, -0.05) is 12.2 Å². The van der Waals surface area contributed by atoms with Gasteiger partial charge in [0, 0.05) is 10.9 Å². The number of halogens is 2. The first kappa shape index (κ1) is 12.8. The van der Waals surface area contributed by atoms with Gasteiger partial charge in [-0.2, -0.15) is 0 Å². The molecule has 0 radical (unpaired) electrons. The van der Waals surface area contributed by atoms with Gasteiger partial charge in [-0.05, 0) is 19.1 Å². The van der Waals surface area contributed by atoms with Crippen LogP contribution in [0.3, 0.4) is 0 Å². The second-order valence-electron chi connectivity index (χ2n) is 3.60. The van der Waals surface area contributed by atoms with Crippen LogP contribution in [0.4, 0.5) is 19.6 Å². The number of aryl methyl sites for hydroxylation is 1. The van der Waals surface area contributed by atoms with E-state index in [0.717, 1.165) is 17.8 Å². The number of rotatable bonds is 3. The Kier molecular flexibility index (Phi) is 3.53. The van der Waals surface area contributed by atoms with E-state index >= 15 is 0 Å². The van der Waals surface area contributed by atoms with Crippen molar-refractivity contribution >= 4 is 39.4 Å². The lowest BCUT2D eigenvalue weighted by molar-refractivity contribution is 0.590. The molecule has 1 aromatic carbocycles. The molecule has 1 heterocycles. The van der Waals surface area contributed by atoms with Gasteiger partial charge in [0.05, 0.1) is 5.69 Å². The Labute approximate surface area is 112 Å². The molecule has 0 atom stereocenters. The zero-order valence-electron chi connectivity index (χ0n) is 9.33. The summed E-state index contributed by atoms with van der Waals surface area (Å²) in [4.78, 5) is 4.02. The third-order valence-corrected chi connectivity index (χ3v) is 3.29. The van der Waals surface area contributed by atoms with E-state index in [0.29, 0.717) is 5.13 Å². The second kappa shape index (κ2) is 4.95. The smallest absolute Gasteiger partial charge is 0.187 e. The third-order valence-electron chi connectivity index (χ3n) is 2.18. The molecule has 0 aliphatic rings. The van der Waals surface area contributed by atoms with Gasteiger partial charge in [0.25, 0.3) is 0 Å². The SMILES string of the molecule is Cc1csc(Nc2c(F)cc(C(N)=S)cc2F)n1. The van der Waals surface area contributed by atoms with E-state index in [-0.39, 0.29) is 16.2 Å². The fraction of sp³-hybridized carbons (Fsp3) is 0.0909. The van der Waals surface area contributed by atoms with Crippen LogP contribution in [0, 0.1) is 18.6 Å². The summed E-state index contributed by atoms with van der Waals surface area (Å²) in [6, 6.07) is 2.18. The lowest BCUT2D eigenvalue weighted by Crippen LogP contribution is -2.11. The van der Waals surface area contributed by atoms with Crippen LogP contribution in [0.2, 0.25) is 0 Å². The van der Waals surface area contributed by atoms with Gasteiger partial charge in [0.1, 0.15) is 22.3 Å². The van der Waals surface area contributed by atoms with Crippen molar-refractivity contribution in [2.75, 3.05) is 5.32 Å². The summed E-state index contributed by atoms with van der Waals surface area (Å²) < 4.78 is 27.4. The fourth-order valence-corrected chi connectivity index (χ4v) is 2.16. The highest BCUT2D eigenvalue weighted by molar-refractivity contribution is 7.80. The molecule has 0 aliphatic heterocycles. The van der Waals surface area contributed by atoms with E-state index in [9.17, 15) is 8.78 Å².